The van der Waals surface area contributed by atoms with Gasteiger partial charge in [0, 0.05) is 57.0 Å². The number of nitrogens with zero attached hydrogens (tertiary/aromatic N) is 4. The van der Waals surface area contributed by atoms with Crippen molar-refractivity contribution < 1.29 is 4.74 Å². The van der Waals surface area contributed by atoms with E-state index in [0.29, 0.717) is 18.1 Å². The number of rotatable bonds is 7. The molecule has 2 fully saturated rings. The molecule has 1 aromatic heterocycles. The standard InChI is InChI=1S/C22H38N6O/c1-4-23-22(25-15-18(2)28-13-14-29-17-19(28)3)26-20-8-11-27(12-9-20)16-21-7-5-6-10-24-21/h5-7,10,18-20H,4,8-9,11-17H2,1-3H3,(H2,23,25,26). The molecule has 29 heavy (non-hydrogen) atoms. The summed E-state index contributed by atoms with van der Waals surface area (Å²) in [6.45, 7) is 14.1. The molecular formula is C22H38N6O. The number of nitrogens with one attached hydrogen (secondary N) is 2. The third-order valence-electron chi connectivity index (χ3n) is 5.88. The van der Waals surface area contributed by atoms with E-state index in [2.05, 4.69) is 58.3 Å². The molecular weight excluding hydrogens is 364 g/mol. The Labute approximate surface area is 175 Å². The molecule has 0 spiro atoms. The van der Waals surface area contributed by atoms with Crippen molar-refractivity contribution in [2.75, 3.05) is 45.9 Å². The number of guanidine groups is 1. The van der Waals surface area contributed by atoms with Crippen LogP contribution >= 0.6 is 0 Å². The van der Waals surface area contributed by atoms with Crippen LogP contribution in [0.5, 0.6) is 0 Å². The van der Waals surface area contributed by atoms with Crippen LogP contribution in [0.15, 0.2) is 29.4 Å². The fourth-order valence-corrected chi connectivity index (χ4v) is 4.19. The zero-order valence-electron chi connectivity index (χ0n) is 18.3. The van der Waals surface area contributed by atoms with E-state index >= 15 is 0 Å². The Kier molecular flexibility index (Phi) is 8.70. The number of ether oxygens (including phenoxy) is 1. The topological polar surface area (TPSA) is 65.0 Å². The van der Waals surface area contributed by atoms with E-state index in [4.69, 9.17) is 9.73 Å². The minimum absolute atomic E-state index is 0.421. The highest BCUT2D eigenvalue weighted by molar-refractivity contribution is 5.80. The SMILES string of the molecule is CCNC(=NCC(C)N1CCOCC1C)NC1CCN(Cc2ccccn2)CC1. The summed E-state index contributed by atoms with van der Waals surface area (Å²) in [6.07, 6.45) is 4.14. The second-order valence-corrected chi connectivity index (χ2v) is 8.25. The maximum absolute atomic E-state index is 5.56. The summed E-state index contributed by atoms with van der Waals surface area (Å²) in [5.41, 5.74) is 1.15. The van der Waals surface area contributed by atoms with Gasteiger partial charge in [-0.2, -0.15) is 0 Å². The number of hydrogen-bond acceptors (Lipinski definition) is 5. The van der Waals surface area contributed by atoms with Crippen molar-refractivity contribution in [3.8, 4) is 0 Å². The van der Waals surface area contributed by atoms with E-state index in [0.717, 1.165) is 77.0 Å². The second-order valence-electron chi connectivity index (χ2n) is 8.25. The van der Waals surface area contributed by atoms with Crippen molar-refractivity contribution >= 4 is 5.96 Å². The van der Waals surface area contributed by atoms with E-state index < -0.39 is 0 Å². The Bertz CT molecular complexity index is 617. The van der Waals surface area contributed by atoms with Gasteiger partial charge < -0.3 is 15.4 Å². The summed E-state index contributed by atoms with van der Waals surface area (Å²) in [6, 6.07) is 7.51. The van der Waals surface area contributed by atoms with Gasteiger partial charge in [0.05, 0.1) is 25.5 Å². The van der Waals surface area contributed by atoms with Crippen LogP contribution in [0.3, 0.4) is 0 Å². The van der Waals surface area contributed by atoms with Gasteiger partial charge in [0.25, 0.3) is 0 Å². The highest BCUT2D eigenvalue weighted by Crippen LogP contribution is 2.13. The summed E-state index contributed by atoms with van der Waals surface area (Å²) in [7, 11) is 0. The predicted octanol–water partition coefficient (Wildman–Crippen LogP) is 1.71. The van der Waals surface area contributed by atoms with Crippen LogP contribution in [-0.2, 0) is 11.3 Å². The van der Waals surface area contributed by atoms with Crippen molar-refractivity contribution in [3.05, 3.63) is 30.1 Å². The monoisotopic (exact) mass is 402 g/mol. The summed E-state index contributed by atoms with van der Waals surface area (Å²) in [5.74, 6) is 0.948. The van der Waals surface area contributed by atoms with Gasteiger partial charge in [-0.15, -0.1) is 0 Å². The number of piperidine rings is 1. The molecule has 0 bridgehead atoms. The Morgan fingerprint density at radius 3 is 2.83 bits per heavy atom. The highest BCUT2D eigenvalue weighted by Gasteiger charge is 2.24. The molecule has 0 radical (unpaired) electrons. The van der Waals surface area contributed by atoms with Gasteiger partial charge in [-0.3, -0.25) is 19.8 Å². The fourth-order valence-electron chi connectivity index (χ4n) is 4.19. The minimum atomic E-state index is 0.421. The van der Waals surface area contributed by atoms with Crippen LogP contribution in [0.1, 0.15) is 39.3 Å². The fraction of sp³-hybridized carbons (Fsp3) is 0.727. The predicted molar refractivity (Wildman–Crippen MR) is 118 cm³/mol. The largest absolute Gasteiger partial charge is 0.379 e. The molecule has 0 aromatic carbocycles. The molecule has 7 heteroatoms. The number of aliphatic imine (C=N–C) groups is 1. The lowest BCUT2D eigenvalue weighted by atomic mass is 10.0. The molecule has 2 aliphatic heterocycles. The van der Waals surface area contributed by atoms with Crippen LogP contribution < -0.4 is 10.6 Å². The molecule has 0 aliphatic carbocycles. The Morgan fingerprint density at radius 2 is 2.14 bits per heavy atom. The number of aromatic nitrogens is 1. The molecule has 2 unspecified atom stereocenters. The van der Waals surface area contributed by atoms with Gasteiger partial charge >= 0.3 is 0 Å². The van der Waals surface area contributed by atoms with Gasteiger partial charge in [-0.25, -0.2) is 0 Å². The van der Waals surface area contributed by atoms with Crippen molar-refractivity contribution in [2.45, 2.75) is 58.3 Å². The summed E-state index contributed by atoms with van der Waals surface area (Å²) in [5, 5.41) is 7.09. The quantitative estimate of drug-likeness (QED) is 0.535. The first kappa shape index (κ1) is 22.0. The van der Waals surface area contributed by atoms with Crippen LogP contribution in [0.2, 0.25) is 0 Å². The van der Waals surface area contributed by atoms with E-state index in [1.54, 1.807) is 0 Å². The average Bonchev–Trinajstić information content (AvgIpc) is 2.74. The lowest BCUT2D eigenvalue weighted by Gasteiger charge is -2.37. The molecule has 2 saturated heterocycles. The summed E-state index contributed by atoms with van der Waals surface area (Å²) in [4.78, 5) is 14.3. The van der Waals surface area contributed by atoms with Gasteiger partial charge in [0.1, 0.15) is 0 Å². The van der Waals surface area contributed by atoms with Crippen LogP contribution in [0.4, 0.5) is 0 Å². The first-order valence-corrected chi connectivity index (χ1v) is 11.2. The molecule has 7 nitrogen and oxygen atoms in total. The molecule has 162 valence electrons. The van der Waals surface area contributed by atoms with Gasteiger partial charge in [0.15, 0.2) is 5.96 Å². The van der Waals surface area contributed by atoms with Crippen LogP contribution in [0, 0.1) is 0 Å². The Morgan fingerprint density at radius 1 is 1.31 bits per heavy atom. The van der Waals surface area contributed by atoms with Crippen molar-refractivity contribution in [1.29, 1.82) is 0 Å². The lowest BCUT2D eigenvalue weighted by Crippen LogP contribution is -2.51. The van der Waals surface area contributed by atoms with Gasteiger partial charge in [0.2, 0.25) is 0 Å². The molecule has 3 heterocycles. The van der Waals surface area contributed by atoms with Crippen molar-refractivity contribution in [1.82, 2.24) is 25.4 Å². The highest BCUT2D eigenvalue weighted by atomic mass is 16.5. The van der Waals surface area contributed by atoms with E-state index in [9.17, 15) is 0 Å². The zero-order valence-corrected chi connectivity index (χ0v) is 18.3. The Hall–Kier alpha value is -1.70. The lowest BCUT2D eigenvalue weighted by molar-refractivity contribution is -0.0165. The molecule has 0 amide bonds. The van der Waals surface area contributed by atoms with Crippen LogP contribution in [0.25, 0.3) is 0 Å². The molecule has 0 saturated carbocycles. The summed E-state index contributed by atoms with van der Waals surface area (Å²) < 4.78 is 5.56. The third kappa shape index (κ3) is 6.94. The second kappa shape index (κ2) is 11.5. The van der Waals surface area contributed by atoms with E-state index in [-0.39, 0.29) is 0 Å². The van der Waals surface area contributed by atoms with Gasteiger partial charge in [-0.05, 0) is 45.7 Å². The first-order valence-electron chi connectivity index (χ1n) is 11.2. The zero-order chi connectivity index (χ0) is 20.5. The number of likely N-dealkylation sites (tertiary alicyclic amines) is 1. The van der Waals surface area contributed by atoms with Crippen molar-refractivity contribution in [2.24, 2.45) is 4.99 Å². The van der Waals surface area contributed by atoms with Crippen LogP contribution in [-0.4, -0.2) is 84.8 Å². The molecule has 2 atom stereocenters. The minimum Gasteiger partial charge on any atom is -0.379 e. The Balaban J connectivity index is 1.45. The first-order chi connectivity index (χ1) is 14.2. The molecule has 3 rings (SSSR count). The number of morpholine rings is 1. The van der Waals surface area contributed by atoms with E-state index in [1.165, 1.54) is 0 Å². The third-order valence-corrected chi connectivity index (χ3v) is 5.88. The number of pyridine rings is 1. The molecule has 1 aromatic rings. The molecule has 2 aliphatic rings. The maximum atomic E-state index is 5.56. The van der Waals surface area contributed by atoms with Gasteiger partial charge in [-0.1, -0.05) is 6.07 Å². The smallest absolute Gasteiger partial charge is 0.191 e. The normalized spacial score (nSPS) is 23.7. The summed E-state index contributed by atoms with van der Waals surface area (Å²) >= 11 is 0. The number of hydrogen-bond donors (Lipinski definition) is 2. The van der Waals surface area contributed by atoms with Crippen molar-refractivity contribution in [3.63, 3.8) is 0 Å². The van der Waals surface area contributed by atoms with E-state index in [1.807, 2.05) is 12.3 Å². The molecule has 2 N–H and O–H groups in total. The average molecular weight is 403 g/mol. The maximum Gasteiger partial charge on any atom is 0.191 e.